The summed E-state index contributed by atoms with van der Waals surface area (Å²) in [6.07, 6.45) is 1.66. The average Bonchev–Trinajstić information content (AvgIpc) is 2.68. The lowest BCUT2D eigenvalue weighted by atomic mass is 10.2. The molecule has 1 aliphatic rings. The Morgan fingerprint density at radius 3 is 2.93 bits per heavy atom. The Hall–Kier alpha value is -1.25. The first-order chi connectivity index (χ1) is 6.66. The minimum atomic E-state index is -1.03. The van der Waals surface area contributed by atoms with E-state index in [-0.39, 0.29) is 6.42 Å². The molecule has 3 nitrogen and oxygen atoms in total. The second-order valence-electron chi connectivity index (χ2n) is 4.00. The maximum atomic E-state index is 10.2. The van der Waals surface area contributed by atoms with Crippen molar-refractivity contribution in [1.82, 2.24) is 0 Å². The second-order valence-corrected chi connectivity index (χ2v) is 4.00. The van der Waals surface area contributed by atoms with E-state index < -0.39 is 5.97 Å². The van der Waals surface area contributed by atoms with Crippen molar-refractivity contribution in [1.29, 1.82) is 0 Å². The summed E-state index contributed by atoms with van der Waals surface area (Å²) in [5.74, 6) is 2.01. The molecule has 0 amide bonds. The van der Waals surface area contributed by atoms with Crippen LogP contribution in [0.5, 0.6) is 0 Å². The molecule has 3 heteroatoms. The number of hydrogen-bond acceptors (Lipinski definition) is 3. The maximum Gasteiger partial charge on any atom is 0.107 e. The highest BCUT2D eigenvalue weighted by Crippen LogP contribution is 2.47. The van der Waals surface area contributed by atoms with Gasteiger partial charge in [0, 0.05) is 18.3 Å². The molecule has 2 rings (SSSR count). The van der Waals surface area contributed by atoms with Gasteiger partial charge in [0.1, 0.15) is 11.5 Å². The number of carbonyl (C=O) groups is 1. The van der Waals surface area contributed by atoms with Crippen LogP contribution in [0.2, 0.25) is 0 Å². The quantitative estimate of drug-likeness (QED) is 0.719. The molecular formula is C11H13O3-. The van der Waals surface area contributed by atoms with Gasteiger partial charge in [-0.15, -0.1) is 0 Å². The molecule has 1 fully saturated rings. The minimum absolute atomic E-state index is 0.0349. The molecule has 2 atom stereocenters. The monoisotopic (exact) mass is 193 g/mol. The van der Waals surface area contributed by atoms with Crippen LogP contribution < -0.4 is 5.11 Å². The molecule has 0 saturated heterocycles. The normalized spacial score (nSPS) is 24.9. The average molecular weight is 193 g/mol. The van der Waals surface area contributed by atoms with Crippen LogP contribution >= 0.6 is 0 Å². The summed E-state index contributed by atoms with van der Waals surface area (Å²) < 4.78 is 5.54. The van der Waals surface area contributed by atoms with Gasteiger partial charge in [0.25, 0.3) is 0 Å². The molecule has 0 aromatic carbocycles. The van der Waals surface area contributed by atoms with Gasteiger partial charge in [0.05, 0.1) is 0 Å². The van der Waals surface area contributed by atoms with E-state index in [2.05, 4.69) is 6.92 Å². The van der Waals surface area contributed by atoms with Crippen LogP contribution in [0.1, 0.15) is 37.2 Å². The van der Waals surface area contributed by atoms with E-state index in [0.717, 1.165) is 17.4 Å². The maximum absolute atomic E-state index is 10.2. The predicted octanol–water partition coefficient (Wildman–Crippen LogP) is 1.09. The van der Waals surface area contributed by atoms with Crippen molar-refractivity contribution in [2.24, 2.45) is 5.92 Å². The first kappa shape index (κ1) is 9.31. The summed E-state index contributed by atoms with van der Waals surface area (Å²) in [5.41, 5.74) is 0. The molecule has 14 heavy (non-hydrogen) atoms. The topological polar surface area (TPSA) is 53.3 Å². The van der Waals surface area contributed by atoms with Gasteiger partial charge in [0.2, 0.25) is 0 Å². The largest absolute Gasteiger partial charge is 0.550 e. The number of carboxylic acids is 1. The van der Waals surface area contributed by atoms with E-state index in [1.165, 1.54) is 6.42 Å². The van der Waals surface area contributed by atoms with E-state index in [9.17, 15) is 9.90 Å². The lowest BCUT2D eigenvalue weighted by Gasteiger charge is -1.98. The van der Waals surface area contributed by atoms with Crippen LogP contribution in [-0.2, 0) is 11.2 Å². The van der Waals surface area contributed by atoms with Crippen molar-refractivity contribution < 1.29 is 14.3 Å². The zero-order chi connectivity index (χ0) is 10.1. The molecule has 1 aromatic rings. The standard InChI is InChI=1S/C11H14O3/c1-7-6-9(7)10-4-2-8(14-10)3-5-11(12)13/h2,4,7,9H,3,5-6H2,1H3,(H,12,13)/p-1/t7-,9-/m0/s1. The smallest absolute Gasteiger partial charge is 0.107 e. The molecule has 1 aromatic heterocycles. The molecule has 0 spiro atoms. The van der Waals surface area contributed by atoms with Gasteiger partial charge in [-0.1, -0.05) is 6.92 Å². The zero-order valence-electron chi connectivity index (χ0n) is 8.16. The summed E-state index contributed by atoms with van der Waals surface area (Å²) in [4.78, 5) is 10.2. The molecule has 0 bridgehead atoms. The summed E-state index contributed by atoms with van der Waals surface area (Å²) in [6.45, 7) is 2.19. The number of carbonyl (C=O) groups excluding carboxylic acids is 1. The number of rotatable bonds is 4. The van der Waals surface area contributed by atoms with Gasteiger partial charge in [-0.25, -0.2) is 0 Å². The van der Waals surface area contributed by atoms with Crippen molar-refractivity contribution in [2.45, 2.75) is 32.1 Å². The van der Waals surface area contributed by atoms with Crippen LogP contribution in [0.15, 0.2) is 16.5 Å². The van der Waals surface area contributed by atoms with Gasteiger partial charge in [0.15, 0.2) is 0 Å². The minimum Gasteiger partial charge on any atom is -0.550 e. The summed E-state index contributed by atoms with van der Waals surface area (Å²) in [6, 6.07) is 3.82. The van der Waals surface area contributed by atoms with Gasteiger partial charge in [-0.05, 0) is 30.9 Å². The molecule has 0 unspecified atom stereocenters. The molecule has 1 heterocycles. The van der Waals surface area contributed by atoms with E-state index in [1.54, 1.807) is 0 Å². The Labute approximate surface area is 82.7 Å². The highest BCUT2D eigenvalue weighted by Gasteiger charge is 2.36. The molecule has 0 N–H and O–H groups in total. The Balaban J connectivity index is 1.93. The van der Waals surface area contributed by atoms with E-state index in [4.69, 9.17) is 4.42 Å². The third kappa shape index (κ3) is 1.97. The highest BCUT2D eigenvalue weighted by atomic mass is 16.4. The number of aryl methyl sites for hydroxylation is 1. The third-order valence-electron chi connectivity index (χ3n) is 2.73. The van der Waals surface area contributed by atoms with Crippen LogP contribution in [-0.4, -0.2) is 5.97 Å². The number of hydrogen-bond donors (Lipinski definition) is 0. The lowest BCUT2D eigenvalue weighted by molar-refractivity contribution is -0.305. The van der Waals surface area contributed by atoms with E-state index in [0.29, 0.717) is 12.3 Å². The third-order valence-corrected chi connectivity index (χ3v) is 2.73. The first-order valence-corrected chi connectivity index (χ1v) is 4.95. The van der Waals surface area contributed by atoms with Crippen molar-refractivity contribution in [3.8, 4) is 0 Å². The molecule has 1 aliphatic carbocycles. The number of carboxylic acid groups (broad SMARTS) is 1. The fourth-order valence-corrected chi connectivity index (χ4v) is 1.67. The fourth-order valence-electron chi connectivity index (χ4n) is 1.67. The lowest BCUT2D eigenvalue weighted by Crippen LogP contribution is -2.22. The first-order valence-electron chi connectivity index (χ1n) is 4.95. The van der Waals surface area contributed by atoms with E-state index in [1.807, 2.05) is 12.1 Å². The molecule has 76 valence electrons. The van der Waals surface area contributed by atoms with Crippen molar-refractivity contribution in [3.05, 3.63) is 23.7 Å². The van der Waals surface area contributed by atoms with Crippen LogP contribution in [0, 0.1) is 5.92 Å². The van der Waals surface area contributed by atoms with Gasteiger partial charge >= 0.3 is 0 Å². The fraction of sp³-hybridized carbons (Fsp3) is 0.545. The summed E-state index contributed by atoms with van der Waals surface area (Å²) >= 11 is 0. The van der Waals surface area contributed by atoms with Gasteiger partial charge in [-0.3, -0.25) is 0 Å². The summed E-state index contributed by atoms with van der Waals surface area (Å²) in [7, 11) is 0. The van der Waals surface area contributed by atoms with Crippen molar-refractivity contribution in [3.63, 3.8) is 0 Å². The highest BCUT2D eigenvalue weighted by molar-refractivity contribution is 5.64. The predicted molar refractivity (Wildman–Crippen MR) is 48.6 cm³/mol. The molecule has 0 radical (unpaired) electrons. The SMILES string of the molecule is C[C@H]1C[C@@H]1c1ccc(CCC(=O)[O-])o1. The van der Waals surface area contributed by atoms with Crippen LogP contribution in [0.25, 0.3) is 0 Å². The van der Waals surface area contributed by atoms with Crippen molar-refractivity contribution in [2.75, 3.05) is 0 Å². The van der Waals surface area contributed by atoms with Crippen molar-refractivity contribution >= 4 is 5.97 Å². The Bertz CT molecular complexity index is 340. The summed E-state index contributed by atoms with van der Waals surface area (Å²) in [5, 5.41) is 10.2. The molecule has 1 saturated carbocycles. The van der Waals surface area contributed by atoms with E-state index >= 15 is 0 Å². The Morgan fingerprint density at radius 1 is 1.64 bits per heavy atom. The number of aliphatic carboxylic acids is 1. The second kappa shape index (κ2) is 3.48. The van der Waals surface area contributed by atoms with Crippen LogP contribution in [0.4, 0.5) is 0 Å². The van der Waals surface area contributed by atoms with Gasteiger partial charge < -0.3 is 14.3 Å². The molecule has 0 aliphatic heterocycles. The Morgan fingerprint density at radius 2 is 2.36 bits per heavy atom. The zero-order valence-corrected chi connectivity index (χ0v) is 8.16. The van der Waals surface area contributed by atoms with Crippen LogP contribution in [0.3, 0.4) is 0 Å². The van der Waals surface area contributed by atoms with Gasteiger partial charge in [-0.2, -0.15) is 0 Å². The Kier molecular flexibility index (Phi) is 2.32. The molecular weight excluding hydrogens is 180 g/mol. The number of furan rings is 1.